The zero-order valence-corrected chi connectivity index (χ0v) is 9.60. The van der Waals surface area contributed by atoms with Gasteiger partial charge in [-0.3, -0.25) is 9.89 Å². The van der Waals surface area contributed by atoms with Gasteiger partial charge in [-0.2, -0.15) is 5.10 Å². The fraction of sp³-hybridized carbons (Fsp3) is 0.333. The molecule has 5 heteroatoms. The van der Waals surface area contributed by atoms with Gasteiger partial charge in [0.15, 0.2) is 0 Å². The van der Waals surface area contributed by atoms with Gasteiger partial charge in [0.1, 0.15) is 0 Å². The first-order valence-corrected chi connectivity index (χ1v) is 5.68. The number of carbonyl (C=O) groups is 1. The Balaban J connectivity index is 0.000000128. The van der Waals surface area contributed by atoms with Crippen LogP contribution in [-0.4, -0.2) is 47.7 Å². The minimum atomic E-state index is 0.865. The molecule has 5 nitrogen and oxygen atoms in total. The van der Waals surface area contributed by atoms with Gasteiger partial charge in [0.2, 0.25) is 6.41 Å². The number of amides is 1. The van der Waals surface area contributed by atoms with Crippen molar-refractivity contribution in [2.24, 2.45) is 0 Å². The molecule has 0 radical (unpaired) electrons. The van der Waals surface area contributed by atoms with Crippen molar-refractivity contribution >= 4 is 17.3 Å². The number of carbonyl (C=O) groups excluding carboxylic acids is 1. The Morgan fingerprint density at radius 1 is 1.24 bits per heavy atom. The standard InChI is InChI=1S/C7H6N2.C5H10N2O/c1-2-4-7-6(3-1)5-8-9-7;8-5-7-3-1-6-2-4-7/h1-5H,(H,8,9);5-6H,1-4H2. The van der Waals surface area contributed by atoms with Crippen LogP contribution in [0.25, 0.3) is 10.9 Å². The van der Waals surface area contributed by atoms with Gasteiger partial charge < -0.3 is 10.2 Å². The van der Waals surface area contributed by atoms with E-state index in [4.69, 9.17) is 0 Å². The van der Waals surface area contributed by atoms with Crippen LogP contribution in [-0.2, 0) is 4.79 Å². The van der Waals surface area contributed by atoms with Crippen molar-refractivity contribution < 1.29 is 4.79 Å². The van der Waals surface area contributed by atoms with Gasteiger partial charge in [-0.15, -0.1) is 0 Å². The SMILES string of the molecule is O=CN1CCNCC1.c1ccc2[nH]ncc2c1. The molecule has 2 heterocycles. The average Bonchev–Trinajstić information content (AvgIpc) is 2.89. The molecule has 17 heavy (non-hydrogen) atoms. The molecule has 0 atom stereocenters. The van der Waals surface area contributed by atoms with E-state index in [0.29, 0.717) is 0 Å². The number of hydrogen-bond acceptors (Lipinski definition) is 3. The molecule has 2 aromatic rings. The van der Waals surface area contributed by atoms with Crippen molar-refractivity contribution in [2.45, 2.75) is 0 Å². The maximum Gasteiger partial charge on any atom is 0.209 e. The van der Waals surface area contributed by atoms with E-state index in [1.54, 1.807) is 4.90 Å². The van der Waals surface area contributed by atoms with Crippen molar-refractivity contribution in [3.05, 3.63) is 30.5 Å². The monoisotopic (exact) mass is 232 g/mol. The van der Waals surface area contributed by atoms with Crippen LogP contribution in [0.15, 0.2) is 30.5 Å². The number of aromatic nitrogens is 2. The summed E-state index contributed by atoms with van der Waals surface area (Å²) in [5.74, 6) is 0. The Bertz CT molecular complexity index is 432. The maximum atomic E-state index is 10.1. The first-order chi connectivity index (χ1) is 8.40. The summed E-state index contributed by atoms with van der Waals surface area (Å²) in [5.41, 5.74) is 1.09. The normalized spacial score (nSPS) is 15.2. The first kappa shape index (κ1) is 11.6. The number of aromatic amines is 1. The van der Waals surface area contributed by atoms with Gasteiger partial charge in [0.05, 0.1) is 11.7 Å². The molecule has 0 bridgehead atoms. The third-order valence-corrected chi connectivity index (χ3v) is 2.65. The minimum Gasteiger partial charge on any atom is -0.343 e. The highest BCUT2D eigenvalue weighted by molar-refractivity contribution is 5.77. The second kappa shape index (κ2) is 6.00. The molecule has 1 saturated heterocycles. The number of nitrogens with zero attached hydrogens (tertiary/aromatic N) is 2. The van der Waals surface area contributed by atoms with Crippen LogP contribution in [0.5, 0.6) is 0 Å². The Hall–Kier alpha value is -1.88. The molecule has 1 aliphatic rings. The van der Waals surface area contributed by atoms with Crippen LogP contribution >= 0.6 is 0 Å². The number of hydrogen-bond donors (Lipinski definition) is 2. The third kappa shape index (κ3) is 3.29. The quantitative estimate of drug-likeness (QED) is 0.708. The summed E-state index contributed by atoms with van der Waals surface area (Å²) in [7, 11) is 0. The van der Waals surface area contributed by atoms with Crippen LogP contribution < -0.4 is 5.32 Å². The van der Waals surface area contributed by atoms with Gasteiger partial charge >= 0.3 is 0 Å². The molecular formula is C12H16N4O. The zero-order valence-electron chi connectivity index (χ0n) is 9.60. The summed E-state index contributed by atoms with van der Waals surface area (Å²) in [6, 6.07) is 8.01. The van der Waals surface area contributed by atoms with Gasteiger partial charge in [-0.1, -0.05) is 18.2 Å². The molecule has 1 aromatic carbocycles. The third-order valence-electron chi connectivity index (χ3n) is 2.65. The summed E-state index contributed by atoms with van der Waals surface area (Å²) >= 11 is 0. The molecule has 1 aliphatic heterocycles. The van der Waals surface area contributed by atoms with E-state index in [2.05, 4.69) is 15.5 Å². The molecule has 0 saturated carbocycles. The number of rotatable bonds is 1. The number of nitrogens with one attached hydrogen (secondary N) is 2. The van der Waals surface area contributed by atoms with Crippen molar-refractivity contribution in [1.82, 2.24) is 20.4 Å². The summed E-state index contributed by atoms with van der Waals surface area (Å²) in [4.78, 5) is 11.8. The maximum absolute atomic E-state index is 10.1. The molecule has 2 N–H and O–H groups in total. The number of fused-ring (bicyclic) bond motifs is 1. The highest BCUT2D eigenvalue weighted by Crippen LogP contribution is 2.06. The van der Waals surface area contributed by atoms with E-state index in [1.807, 2.05) is 30.5 Å². The Morgan fingerprint density at radius 2 is 2.00 bits per heavy atom. The number of H-pyrrole nitrogens is 1. The Morgan fingerprint density at radius 3 is 2.65 bits per heavy atom. The fourth-order valence-corrected chi connectivity index (χ4v) is 1.67. The zero-order chi connectivity index (χ0) is 11.9. The van der Waals surface area contributed by atoms with Gasteiger partial charge in [-0.25, -0.2) is 0 Å². The van der Waals surface area contributed by atoms with Crippen molar-refractivity contribution in [3.8, 4) is 0 Å². The van der Waals surface area contributed by atoms with Crippen molar-refractivity contribution in [2.75, 3.05) is 26.2 Å². The highest BCUT2D eigenvalue weighted by atomic mass is 16.1. The van der Waals surface area contributed by atoms with Gasteiger partial charge in [0, 0.05) is 31.6 Å². The summed E-state index contributed by atoms with van der Waals surface area (Å²) < 4.78 is 0. The van der Waals surface area contributed by atoms with E-state index in [1.165, 1.54) is 0 Å². The van der Waals surface area contributed by atoms with Crippen molar-refractivity contribution in [1.29, 1.82) is 0 Å². The second-order valence-electron chi connectivity index (χ2n) is 3.85. The lowest BCUT2D eigenvalue weighted by Gasteiger charge is -2.22. The second-order valence-corrected chi connectivity index (χ2v) is 3.85. The smallest absolute Gasteiger partial charge is 0.209 e. The highest BCUT2D eigenvalue weighted by Gasteiger charge is 2.04. The molecule has 0 aliphatic carbocycles. The molecule has 3 rings (SSSR count). The van der Waals surface area contributed by atoms with Crippen LogP contribution in [0, 0.1) is 0 Å². The summed E-state index contributed by atoms with van der Waals surface area (Å²) in [6.45, 7) is 3.62. The molecule has 1 amide bonds. The fourth-order valence-electron chi connectivity index (χ4n) is 1.67. The number of piperazine rings is 1. The number of para-hydroxylation sites is 1. The lowest BCUT2D eigenvalue weighted by molar-refractivity contribution is -0.118. The van der Waals surface area contributed by atoms with Crippen molar-refractivity contribution in [3.63, 3.8) is 0 Å². The van der Waals surface area contributed by atoms with E-state index in [0.717, 1.165) is 43.5 Å². The van der Waals surface area contributed by atoms with Crippen LogP contribution in [0.1, 0.15) is 0 Å². The Kier molecular flexibility index (Phi) is 4.10. The lowest BCUT2D eigenvalue weighted by Crippen LogP contribution is -2.42. The predicted molar refractivity (Wildman–Crippen MR) is 66.6 cm³/mol. The van der Waals surface area contributed by atoms with Crippen LogP contribution in [0.3, 0.4) is 0 Å². The van der Waals surface area contributed by atoms with E-state index in [9.17, 15) is 4.79 Å². The Labute approximate surface area is 99.8 Å². The average molecular weight is 232 g/mol. The molecule has 1 fully saturated rings. The minimum absolute atomic E-state index is 0.865. The van der Waals surface area contributed by atoms with E-state index >= 15 is 0 Å². The molecule has 0 spiro atoms. The largest absolute Gasteiger partial charge is 0.343 e. The van der Waals surface area contributed by atoms with Gasteiger partial charge in [0.25, 0.3) is 0 Å². The molecule has 0 unspecified atom stereocenters. The topological polar surface area (TPSA) is 61.0 Å². The van der Waals surface area contributed by atoms with E-state index in [-0.39, 0.29) is 0 Å². The van der Waals surface area contributed by atoms with Crippen LogP contribution in [0.4, 0.5) is 0 Å². The molecular weight excluding hydrogens is 216 g/mol. The molecule has 1 aromatic heterocycles. The van der Waals surface area contributed by atoms with Crippen LogP contribution in [0.2, 0.25) is 0 Å². The summed E-state index contributed by atoms with van der Waals surface area (Å²) in [6.07, 6.45) is 2.72. The lowest BCUT2D eigenvalue weighted by atomic mass is 10.3. The number of benzene rings is 1. The summed E-state index contributed by atoms with van der Waals surface area (Å²) in [5, 5.41) is 11.1. The van der Waals surface area contributed by atoms with E-state index < -0.39 is 0 Å². The molecule has 90 valence electrons. The first-order valence-electron chi connectivity index (χ1n) is 5.68. The predicted octanol–water partition coefficient (Wildman–Crippen LogP) is 0.611. The van der Waals surface area contributed by atoms with Gasteiger partial charge in [-0.05, 0) is 6.07 Å².